The van der Waals surface area contributed by atoms with Gasteiger partial charge < -0.3 is 10.5 Å². The van der Waals surface area contributed by atoms with E-state index in [1.54, 1.807) is 7.11 Å². The van der Waals surface area contributed by atoms with Crippen LogP contribution in [0.5, 0.6) is 0 Å². The van der Waals surface area contributed by atoms with Gasteiger partial charge in [-0.1, -0.05) is 38.1 Å². The Balaban J connectivity index is 2.79. The number of hydrogen-bond donors (Lipinski definition) is 1. The average Bonchev–Trinajstić information content (AvgIpc) is 2.30. The molecule has 0 fully saturated rings. The van der Waals surface area contributed by atoms with E-state index in [0.717, 1.165) is 6.42 Å². The topological polar surface area (TPSA) is 35.2 Å². The van der Waals surface area contributed by atoms with Gasteiger partial charge in [0.05, 0.1) is 6.10 Å². The molecule has 0 aliphatic carbocycles. The van der Waals surface area contributed by atoms with Crippen LogP contribution in [0, 0.1) is 0 Å². The molecule has 0 aliphatic rings. The van der Waals surface area contributed by atoms with Crippen molar-refractivity contribution in [3.8, 4) is 0 Å². The summed E-state index contributed by atoms with van der Waals surface area (Å²) in [5.74, 6) is 0.432. The molecule has 0 aliphatic heterocycles. The summed E-state index contributed by atoms with van der Waals surface area (Å²) in [6.45, 7) is 4.97. The number of benzene rings is 1. The maximum atomic E-state index is 5.63. The van der Waals surface area contributed by atoms with Crippen molar-refractivity contribution in [3.63, 3.8) is 0 Å². The molecule has 2 N–H and O–H groups in total. The van der Waals surface area contributed by atoms with Crippen LogP contribution in [0.25, 0.3) is 0 Å². The van der Waals surface area contributed by atoms with Gasteiger partial charge in [-0.05, 0) is 30.0 Å². The van der Waals surface area contributed by atoms with Crippen LogP contribution in [0.15, 0.2) is 24.3 Å². The van der Waals surface area contributed by atoms with Gasteiger partial charge in [-0.2, -0.15) is 0 Å². The fourth-order valence-corrected chi connectivity index (χ4v) is 1.71. The highest BCUT2D eigenvalue weighted by atomic mass is 16.5. The van der Waals surface area contributed by atoms with E-state index in [2.05, 4.69) is 38.1 Å². The summed E-state index contributed by atoms with van der Waals surface area (Å²) in [6.07, 6.45) is 1.22. The number of ether oxygens (including phenoxy) is 1. The summed E-state index contributed by atoms with van der Waals surface area (Å²) in [7, 11) is 1.75. The van der Waals surface area contributed by atoms with E-state index in [9.17, 15) is 0 Å². The predicted octanol–water partition coefficient (Wildman–Crippen LogP) is 2.85. The van der Waals surface area contributed by atoms with Crippen molar-refractivity contribution in [3.05, 3.63) is 35.4 Å². The van der Waals surface area contributed by atoms with Crippen LogP contribution in [0.2, 0.25) is 0 Å². The van der Waals surface area contributed by atoms with Gasteiger partial charge in [0.2, 0.25) is 0 Å². The summed E-state index contributed by atoms with van der Waals surface area (Å²) < 4.78 is 5.39. The minimum atomic E-state index is 0.215. The molecular formula is C13H21NO. The molecule has 0 heterocycles. The molecule has 0 spiro atoms. The van der Waals surface area contributed by atoms with E-state index in [0.29, 0.717) is 12.5 Å². The molecule has 84 valence electrons. The van der Waals surface area contributed by atoms with Crippen molar-refractivity contribution >= 4 is 0 Å². The molecule has 0 radical (unpaired) electrons. The maximum Gasteiger partial charge on any atom is 0.0818 e. The van der Waals surface area contributed by atoms with Crippen molar-refractivity contribution < 1.29 is 4.74 Å². The standard InChI is InChI=1S/C13H21NO/c1-4-13(15-3)12-7-5-11(6-8-12)10(2)9-14/h5-8,10,13H,4,9,14H2,1-3H3/t10-,13+/m0/s1. The molecule has 2 nitrogen and oxygen atoms in total. The Bertz CT molecular complexity index is 277. The van der Waals surface area contributed by atoms with Crippen molar-refractivity contribution in [1.29, 1.82) is 0 Å². The molecule has 0 amide bonds. The van der Waals surface area contributed by atoms with Gasteiger partial charge in [0.15, 0.2) is 0 Å². The van der Waals surface area contributed by atoms with Gasteiger partial charge >= 0.3 is 0 Å². The lowest BCUT2D eigenvalue weighted by Gasteiger charge is -2.15. The SMILES string of the molecule is CC[C@@H](OC)c1ccc([C@@H](C)CN)cc1. The van der Waals surface area contributed by atoms with E-state index in [4.69, 9.17) is 10.5 Å². The van der Waals surface area contributed by atoms with Crippen LogP contribution >= 0.6 is 0 Å². The Morgan fingerprint density at radius 1 is 1.20 bits per heavy atom. The highest BCUT2D eigenvalue weighted by Gasteiger charge is 2.08. The lowest BCUT2D eigenvalue weighted by molar-refractivity contribution is 0.100. The van der Waals surface area contributed by atoms with E-state index in [1.807, 2.05) is 0 Å². The Morgan fingerprint density at radius 3 is 2.13 bits per heavy atom. The number of hydrogen-bond acceptors (Lipinski definition) is 2. The number of methoxy groups -OCH3 is 1. The van der Waals surface area contributed by atoms with Crippen molar-refractivity contribution in [2.24, 2.45) is 5.73 Å². The molecule has 15 heavy (non-hydrogen) atoms. The number of nitrogens with two attached hydrogens (primary N) is 1. The van der Waals surface area contributed by atoms with Crippen molar-refractivity contribution in [1.82, 2.24) is 0 Å². The zero-order valence-corrected chi connectivity index (χ0v) is 9.86. The molecule has 0 unspecified atom stereocenters. The Morgan fingerprint density at radius 2 is 1.73 bits per heavy atom. The normalized spacial score (nSPS) is 14.9. The second-order valence-electron chi connectivity index (χ2n) is 3.94. The van der Waals surface area contributed by atoms with Crippen molar-refractivity contribution in [2.75, 3.05) is 13.7 Å². The van der Waals surface area contributed by atoms with E-state index >= 15 is 0 Å². The first kappa shape index (κ1) is 12.2. The Labute approximate surface area is 92.4 Å². The van der Waals surface area contributed by atoms with Crippen LogP contribution in [-0.4, -0.2) is 13.7 Å². The fraction of sp³-hybridized carbons (Fsp3) is 0.538. The molecule has 0 saturated carbocycles. The third-order valence-electron chi connectivity index (χ3n) is 2.89. The van der Waals surface area contributed by atoms with E-state index in [-0.39, 0.29) is 6.10 Å². The highest BCUT2D eigenvalue weighted by molar-refractivity contribution is 5.26. The average molecular weight is 207 g/mol. The second-order valence-corrected chi connectivity index (χ2v) is 3.94. The van der Waals surface area contributed by atoms with E-state index in [1.165, 1.54) is 11.1 Å². The van der Waals surface area contributed by atoms with Gasteiger partial charge in [-0.25, -0.2) is 0 Å². The third kappa shape index (κ3) is 3.05. The summed E-state index contributed by atoms with van der Waals surface area (Å²) >= 11 is 0. The summed E-state index contributed by atoms with van der Waals surface area (Å²) in [5, 5.41) is 0. The lowest BCUT2D eigenvalue weighted by atomic mass is 9.98. The van der Waals surface area contributed by atoms with Crippen molar-refractivity contribution in [2.45, 2.75) is 32.3 Å². The van der Waals surface area contributed by atoms with Crippen LogP contribution in [0.3, 0.4) is 0 Å². The second kappa shape index (κ2) is 5.89. The quantitative estimate of drug-likeness (QED) is 0.805. The monoisotopic (exact) mass is 207 g/mol. The molecule has 2 heteroatoms. The fourth-order valence-electron chi connectivity index (χ4n) is 1.71. The first-order valence-corrected chi connectivity index (χ1v) is 5.55. The molecule has 0 saturated heterocycles. The van der Waals surface area contributed by atoms with Crippen LogP contribution in [-0.2, 0) is 4.74 Å². The van der Waals surface area contributed by atoms with Gasteiger partial charge in [-0.15, -0.1) is 0 Å². The molecular weight excluding hydrogens is 186 g/mol. The minimum absolute atomic E-state index is 0.215. The minimum Gasteiger partial charge on any atom is -0.377 e. The predicted molar refractivity (Wildman–Crippen MR) is 64.0 cm³/mol. The van der Waals surface area contributed by atoms with Gasteiger partial charge in [-0.3, -0.25) is 0 Å². The maximum absolute atomic E-state index is 5.63. The van der Waals surface area contributed by atoms with Crippen LogP contribution in [0.1, 0.15) is 43.4 Å². The van der Waals surface area contributed by atoms with Gasteiger partial charge in [0.1, 0.15) is 0 Å². The highest BCUT2D eigenvalue weighted by Crippen LogP contribution is 2.22. The molecule has 0 aromatic heterocycles. The molecule has 1 aromatic carbocycles. The largest absolute Gasteiger partial charge is 0.377 e. The first-order valence-electron chi connectivity index (χ1n) is 5.55. The van der Waals surface area contributed by atoms with Crippen LogP contribution in [0.4, 0.5) is 0 Å². The zero-order chi connectivity index (χ0) is 11.3. The summed E-state index contributed by atoms with van der Waals surface area (Å²) in [5.41, 5.74) is 8.17. The summed E-state index contributed by atoms with van der Waals surface area (Å²) in [4.78, 5) is 0. The zero-order valence-electron chi connectivity index (χ0n) is 9.86. The first-order chi connectivity index (χ1) is 7.22. The van der Waals surface area contributed by atoms with E-state index < -0.39 is 0 Å². The third-order valence-corrected chi connectivity index (χ3v) is 2.89. The summed E-state index contributed by atoms with van der Waals surface area (Å²) in [6, 6.07) is 8.57. The number of rotatable bonds is 5. The molecule has 1 rings (SSSR count). The Hall–Kier alpha value is -0.860. The molecule has 0 bridgehead atoms. The lowest BCUT2D eigenvalue weighted by Crippen LogP contribution is -2.09. The molecule has 2 atom stereocenters. The molecule has 1 aromatic rings. The van der Waals surface area contributed by atoms with Gasteiger partial charge in [0, 0.05) is 7.11 Å². The van der Waals surface area contributed by atoms with Gasteiger partial charge in [0.25, 0.3) is 0 Å². The Kier molecular flexibility index (Phi) is 4.79. The van der Waals surface area contributed by atoms with Crippen LogP contribution < -0.4 is 5.73 Å². The smallest absolute Gasteiger partial charge is 0.0818 e.